The van der Waals surface area contributed by atoms with Crippen LogP contribution in [0.2, 0.25) is 0 Å². The Bertz CT molecular complexity index is 653. The normalized spacial score (nSPS) is 27.8. The number of hydrogen-bond donors (Lipinski definition) is 0. The number of aromatic nitrogens is 2. The fourth-order valence-corrected chi connectivity index (χ4v) is 4.29. The summed E-state index contributed by atoms with van der Waals surface area (Å²) in [6.45, 7) is 4.58. The zero-order valence-corrected chi connectivity index (χ0v) is 14.5. The Morgan fingerprint density at radius 3 is 2.96 bits per heavy atom. The topological polar surface area (TPSA) is 64.5 Å². The lowest BCUT2D eigenvalue weighted by molar-refractivity contribution is -0.143. The number of nitrogens with zero attached hydrogens (tertiary/aromatic N) is 3. The number of aryl methyl sites for hydroxylation is 1. The van der Waals surface area contributed by atoms with Crippen molar-refractivity contribution < 1.29 is 14.3 Å². The maximum absolute atomic E-state index is 12.8. The van der Waals surface area contributed by atoms with Gasteiger partial charge in [0.15, 0.2) is 0 Å². The number of methoxy groups -OCH3 is 1. The van der Waals surface area contributed by atoms with E-state index in [2.05, 4.69) is 4.98 Å². The largest absolute Gasteiger partial charge is 0.378 e. The molecule has 1 aromatic heterocycles. The fourth-order valence-electron chi connectivity index (χ4n) is 4.29. The molecule has 2 aliphatic heterocycles. The van der Waals surface area contributed by atoms with E-state index in [0.29, 0.717) is 26.2 Å². The first-order chi connectivity index (χ1) is 11.6. The average Bonchev–Trinajstić information content (AvgIpc) is 2.97. The Morgan fingerprint density at radius 2 is 2.25 bits per heavy atom. The Labute approximate surface area is 142 Å². The summed E-state index contributed by atoms with van der Waals surface area (Å²) in [5, 5.41) is 0. The number of likely N-dealkylation sites (tertiary alicyclic amines) is 1. The van der Waals surface area contributed by atoms with E-state index in [0.717, 1.165) is 49.3 Å². The van der Waals surface area contributed by atoms with E-state index in [9.17, 15) is 4.79 Å². The molecule has 1 atom stereocenters. The van der Waals surface area contributed by atoms with E-state index in [1.54, 1.807) is 7.11 Å². The molecular formula is C18H25N3O3. The third-order valence-corrected chi connectivity index (χ3v) is 6.00. The third-order valence-electron chi connectivity index (χ3n) is 6.00. The summed E-state index contributed by atoms with van der Waals surface area (Å²) < 4.78 is 11.4. The zero-order chi connectivity index (χ0) is 16.8. The lowest BCUT2D eigenvalue weighted by Crippen LogP contribution is -2.46. The van der Waals surface area contributed by atoms with Crippen molar-refractivity contribution in [3.8, 4) is 0 Å². The number of rotatable bonds is 3. The molecule has 1 aromatic rings. The van der Waals surface area contributed by atoms with Crippen molar-refractivity contribution in [1.82, 2.24) is 14.9 Å². The lowest BCUT2D eigenvalue weighted by atomic mass is 9.77. The molecule has 3 heterocycles. The predicted molar refractivity (Wildman–Crippen MR) is 87.5 cm³/mol. The molecule has 130 valence electrons. The molecule has 1 saturated carbocycles. The molecule has 1 spiro atoms. The van der Waals surface area contributed by atoms with E-state index >= 15 is 0 Å². The fraction of sp³-hybridized carbons (Fsp3) is 0.722. The highest BCUT2D eigenvalue weighted by Crippen LogP contribution is 2.42. The zero-order valence-electron chi connectivity index (χ0n) is 14.5. The van der Waals surface area contributed by atoms with Gasteiger partial charge >= 0.3 is 0 Å². The molecule has 2 fully saturated rings. The standard InChI is InChI=1S/C18H25N3O3/c1-13-19-9-14-10-24-12-17(16(14)20-13)6-7-21(11-17)15(22)8-18(23-2)4-3-5-18/h9H,3-8,10-12H2,1-2H3/t17-/m1/s1. The summed E-state index contributed by atoms with van der Waals surface area (Å²) in [5.74, 6) is 0.985. The van der Waals surface area contributed by atoms with Gasteiger partial charge in [-0.25, -0.2) is 9.97 Å². The van der Waals surface area contributed by atoms with Crippen molar-refractivity contribution >= 4 is 5.91 Å². The minimum atomic E-state index is -0.216. The maximum Gasteiger partial charge on any atom is 0.225 e. The van der Waals surface area contributed by atoms with Gasteiger partial charge < -0.3 is 14.4 Å². The minimum Gasteiger partial charge on any atom is -0.378 e. The second-order valence-corrected chi connectivity index (χ2v) is 7.55. The first kappa shape index (κ1) is 16.0. The molecule has 24 heavy (non-hydrogen) atoms. The molecule has 0 aromatic carbocycles. The molecule has 1 amide bonds. The summed E-state index contributed by atoms with van der Waals surface area (Å²) in [6, 6.07) is 0. The summed E-state index contributed by atoms with van der Waals surface area (Å²) in [6.07, 6.45) is 6.41. The molecule has 3 aliphatic rings. The smallest absolute Gasteiger partial charge is 0.225 e. The van der Waals surface area contributed by atoms with E-state index in [1.165, 1.54) is 0 Å². The van der Waals surface area contributed by atoms with Gasteiger partial charge in [0.05, 0.1) is 36.3 Å². The Morgan fingerprint density at radius 1 is 1.42 bits per heavy atom. The highest BCUT2D eigenvalue weighted by Gasteiger charge is 2.48. The molecule has 0 unspecified atom stereocenters. The van der Waals surface area contributed by atoms with Crippen LogP contribution in [-0.2, 0) is 26.3 Å². The molecule has 1 aliphatic carbocycles. The molecule has 0 bridgehead atoms. The summed E-state index contributed by atoms with van der Waals surface area (Å²) >= 11 is 0. The number of carbonyl (C=O) groups is 1. The van der Waals surface area contributed by atoms with Gasteiger partial charge in [0.1, 0.15) is 5.82 Å². The van der Waals surface area contributed by atoms with Gasteiger partial charge in [-0.15, -0.1) is 0 Å². The van der Waals surface area contributed by atoms with Crippen LogP contribution in [-0.4, -0.2) is 53.2 Å². The molecule has 0 N–H and O–H groups in total. The van der Waals surface area contributed by atoms with E-state index in [4.69, 9.17) is 14.5 Å². The SMILES string of the molecule is COC1(CC(=O)N2CC[C@]3(COCc4cnc(C)nc43)C2)CCC1. The Hall–Kier alpha value is -1.53. The summed E-state index contributed by atoms with van der Waals surface area (Å²) in [5.41, 5.74) is 1.76. The van der Waals surface area contributed by atoms with Crippen LogP contribution in [0.15, 0.2) is 6.20 Å². The lowest BCUT2D eigenvalue weighted by Gasteiger charge is -2.41. The monoisotopic (exact) mass is 331 g/mol. The van der Waals surface area contributed by atoms with Crippen LogP contribution >= 0.6 is 0 Å². The Balaban J connectivity index is 1.52. The minimum absolute atomic E-state index is 0.170. The maximum atomic E-state index is 12.8. The molecule has 1 saturated heterocycles. The number of fused-ring (bicyclic) bond motifs is 2. The van der Waals surface area contributed by atoms with Crippen LogP contribution in [0, 0.1) is 6.92 Å². The first-order valence-electron chi connectivity index (χ1n) is 8.80. The summed E-state index contributed by atoms with van der Waals surface area (Å²) in [4.78, 5) is 23.8. The van der Waals surface area contributed by atoms with Gasteiger partial charge in [0.2, 0.25) is 5.91 Å². The Kier molecular flexibility index (Phi) is 3.84. The molecule has 6 heteroatoms. The first-order valence-corrected chi connectivity index (χ1v) is 8.80. The predicted octanol–water partition coefficient (Wildman–Crippen LogP) is 1.74. The van der Waals surface area contributed by atoms with Crippen LogP contribution in [0.3, 0.4) is 0 Å². The second kappa shape index (κ2) is 5.77. The number of hydrogen-bond acceptors (Lipinski definition) is 5. The van der Waals surface area contributed by atoms with E-state index in [-0.39, 0.29) is 16.9 Å². The van der Waals surface area contributed by atoms with Gasteiger partial charge in [0.25, 0.3) is 0 Å². The third kappa shape index (κ3) is 2.52. The van der Waals surface area contributed by atoms with Crippen molar-refractivity contribution in [1.29, 1.82) is 0 Å². The van der Waals surface area contributed by atoms with Gasteiger partial charge in [-0.2, -0.15) is 0 Å². The quantitative estimate of drug-likeness (QED) is 0.844. The van der Waals surface area contributed by atoms with Crippen LogP contribution < -0.4 is 0 Å². The average molecular weight is 331 g/mol. The molecular weight excluding hydrogens is 306 g/mol. The van der Waals surface area contributed by atoms with Crippen molar-refractivity contribution in [2.45, 2.75) is 56.7 Å². The van der Waals surface area contributed by atoms with Crippen molar-refractivity contribution in [3.63, 3.8) is 0 Å². The van der Waals surface area contributed by atoms with Crippen LogP contribution in [0.25, 0.3) is 0 Å². The number of carbonyl (C=O) groups excluding carboxylic acids is 1. The van der Waals surface area contributed by atoms with Gasteiger partial charge in [-0.3, -0.25) is 4.79 Å². The van der Waals surface area contributed by atoms with Gasteiger partial charge in [0, 0.05) is 32.0 Å². The number of ether oxygens (including phenoxy) is 2. The van der Waals surface area contributed by atoms with E-state index in [1.807, 2.05) is 18.0 Å². The molecule has 4 rings (SSSR count). The van der Waals surface area contributed by atoms with Crippen LogP contribution in [0.4, 0.5) is 0 Å². The van der Waals surface area contributed by atoms with Crippen molar-refractivity contribution in [3.05, 3.63) is 23.3 Å². The highest BCUT2D eigenvalue weighted by atomic mass is 16.5. The van der Waals surface area contributed by atoms with E-state index < -0.39 is 0 Å². The van der Waals surface area contributed by atoms with Gasteiger partial charge in [-0.1, -0.05) is 0 Å². The molecule has 0 radical (unpaired) electrons. The van der Waals surface area contributed by atoms with Crippen molar-refractivity contribution in [2.75, 3.05) is 26.8 Å². The number of amides is 1. The van der Waals surface area contributed by atoms with Crippen LogP contribution in [0.1, 0.15) is 49.2 Å². The van der Waals surface area contributed by atoms with Crippen LogP contribution in [0.5, 0.6) is 0 Å². The van der Waals surface area contributed by atoms with Gasteiger partial charge in [-0.05, 0) is 32.6 Å². The highest BCUT2D eigenvalue weighted by molar-refractivity contribution is 5.78. The van der Waals surface area contributed by atoms with Crippen molar-refractivity contribution in [2.24, 2.45) is 0 Å². The molecule has 6 nitrogen and oxygen atoms in total. The summed E-state index contributed by atoms with van der Waals surface area (Å²) in [7, 11) is 1.73. The second-order valence-electron chi connectivity index (χ2n) is 7.55.